The van der Waals surface area contributed by atoms with Gasteiger partial charge in [0.2, 0.25) is 0 Å². The molecule has 45 heavy (non-hydrogen) atoms. The quantitative estimate of drug-likeness (QED) is 0.148. The smallest absolute Gasteiger partial charge is 0.306 e. The lowest BCUT2D eigenvalue weighted by molar-refractivity contribution is -0.142. The van der Waals surface area contributed by atoms with Crippen molar-refractivity contribution < 1.29 is 14.1 Å². The summed E-state index contributed by atoms with van der Waals surface area (Å²) in [6.45, 7) is 11.4. The van der Waals surface area contributed by atoms with Crippen LogP contribution in [0.2, 0.25) is 10.0 Å². The molecule has 12 heteroatoms. The molecule has 2 aromatic carbocycles. The van der Waals surface area contributed by atoms with Crippen molar-refractivity contribution in [1.29, 1.82) is 0 Å². The van der Waals surface area contributed by atoms with Crippen molar-refractivity contribution in [3.05, 3.63) is 79.8 Å². The van der Waals surface area contributed by atoms with E-state index < -0.39 is 16.1 Å². The van der Waals surface area contributed by atoms with Crippen molar-refractivity contribution in [2.75, 3.05) is 30.3 Å². The summed E-state index contributed by atoms with van der Waals surface area (Å²) in [6, 6.07) is 13.2. The number of piperidine rings is 1. The molecule has 1 spiro atoms. The summed E-state index contributed by atoms with van der Waals surface area (Å²) in [5, 5.41) is 0.688. The molecule has 1 N–H and O–H groups in total. The summed E-state index contributed by atoms with van der Waals surface area (Å²) in [5.41, 5.74) is 2.59. The molecule has 1 fully saturated rings. The van der Waals surface area contributed by atoms with Crippen molar-refractivity contribution in [3.63, 3.8) is 0 Å². The predicted molar refractivity (Wildman–Crippen MR) is 184 cm³/mol. The standard InChI is InChI=1S/C33H40Cl2N4O4S2/c1-6-43-29(41)12-17-44-23-11-10-22-20-33(31(24(22)18-23)37-45(42)32(3,4)5)13-15-38(16-14-33)27-19-28(40)39(21(2)36-27)26-9-7-8-25(34)30(26)35/h7-11,18-19,31,37H,6,12-17,20H2,1-5H3/t31-,45-/m1/s1. The maximum atomic E-state index is 13.5. The fraction of sp³-hybridized carbons (Fsp3) is 0.485. The number of aromatic nitrogens is 2. The zero-order valence-electron chi connectivity index (χ0n) is 26.3. The third-order valence-electron chi connectivity index (χ3n) is 8.57. The van der Waals surface area contributed by atoms with E-state index in [0.717, 1.165) is 24.2 Å². The average molecular weight is 692 g/mol. The van der Waals surface area contributed by atoms with Crippen molar-refractivity contribution in [2.24, 2.45) is 5.41 Å². The Hall–Kier alpha value is -2.21. The Balaban J connectivity index is 1.37. The summed E-state index contributed by atoms with van der Waals surface area (Å²) in [7, 11) is 0. The minimum absolute atomic E-state index is 0.0898. The van der Waals surface area contributed by atoms with Gasteiger partial charge in [-0.25, -0.2) is 4.98 Å². The van der Waals surface area contributed by atoms with Crippen LogP contribution in [0.3, 0.4) is 0 Å². The molecule has 1 aliphatic heterocycles. The predicted octanol–water partition coefficient (Wildman–Crippen LogP) is 6.83. The van der Waals surface area contributed by atoms with Crippen LogP contribution in [0.25, 0.3) is 5.69 Å². The maximum absolute atomic E-state index is 13.5. The molecule has 2 aliphatic rings. The molecule has 0 unspecified atom stereocenters. The molecule has 242 valence electrons. The second-order valence-electron chi connectivity index (χ2n) is 12.6. The van der Waals surface area contributed by atoms with Gasteiger partial charge in [0.05, 0.1) is 34.8 Å². The fourth-order valence-electron chi connectivity index (χ4n) is 6.21. The first-order valence-electron chi connectivity index (χ1n) is 15.2. The molecule has 1 aliphatic carbocycles. The second-order valence-corrected chi connectivity index (χ2v) is 16.6. The Labute approximate surface area is 282 Å². The monoisotopic (exact) mass is 690 g/mol. The zero-order chi connectivity index (χ0) is 32.5. The number of benzene rings is 2. The number of hydrogen-bond acceptors (Lipinski definition) is 8. The molecule has 2 heterocycles. The maximum Gasteiger partial charge on any atom is 0.306 e. The Morgan fingerprint density at radius 3 is 2.60 bits per heavy atom. The van der Waals surface area contributed by atoms with Gasteiger partial charge >= 0.3 is 5.97 Å². The van der Waals surface area contributed by atoms with Crippen molar-refractivity contribution in [1.82, 2.24) is 14.3 Å². The molecule has 0 bridgehead atoms. The number of nitrogens with one attached hydrogen (secondary N) is 1. The Kier molecular flexibility index (Phi) is 10.5. The zero-order valence-corrected chi connectivity index (χ0v) is 29.5. The SMILES string of the molecule is CCOC(=O)CCSc1ccc2c(c1)[C@@H](N[S@+]([O-])C(C)(C)C)C1(CCN(c3cc(=O)n(-c4cccc(Cl)c4Cl)c(C)n3)CC1)C2. The highest BCUT2D eigenvalue weighted by Crippen LogP contribution is 2.53. The number of halogens is 2. The lowest BCUT2D eigenvalue weighted by Gasteiger charge is -2.44. The summed E-state index contributed by atoms with van der Waals surface area (Å²) in [5.74, 6) is 1.62. The number of aryl methyl sites for hydroxylation is 1. The van der Waals surface area contributed by atoms with E-state index in [1.165, 1.54) is 15.7 Å². The van der Waals surface area contributed by atoms with Crippen LogP contribution in [-0.4, -0.2) is 50.3 Å². The van der Waals surface area contributed by atoms with Crippen LogP contribution >= 0.6 is 35.0 Å². The molecule has 2 atom stereocenters. The highest BCUT2D eigenvalue weighted by molar-refractivity contribution is 7.99. The largest absolute Gasteiger partial charge is 0.598 e. The van der Waals surface area contributed by atoms with Gasteiger partial charge in [0.25, 0.3) is 5.56 Å². The third-order valence-corrected chi connectivity index (χ3v) is 11.9. The van der Waals surface area contributed by atoms with Gasteiger partial charge in [0.1, 0.15) is 16.4 Å². The summed E-state index contributed by atoms with van der Waals surface area (Å²) < 4.78 is 23.2. The van der Waals surface area contributed by atoms with E-state index in [9.17, 15) is 14.1 Å². The van der Waals surface area contributed by atoms with Crippen LogP contribution in [0.1, 0.15) is 70.0 Å². The topological polar surface area (TPSA) is 99.5 Å². The van der Waals surface area contributed by atoms with Gasteiger partial charge in [0, 0.05) is 46.6 Å². The molecule has 8 nitrogen and oxygen atoms in total. The minimum Gasteiger partial charge on any atom is -0.598 e. The van der Waals surface area contributed by atoms with E-state index >= 15 is 0 Å². The van der Waals surface area contributed by atoms with Gasteiger partial charge in [-0.15, -0.1) is 16.5 Å². The number of anilines is 1. The lowest BCUT2D eigenvalue weighted by Crippen LogP contribution is -2.50. The first-order valence-corrected chi connectivity index (χ1v) is 18.1. The second kappa shape index (κ2) is 13.9. The molecular weight excluding hydrogens is 651 g/mol. The number of nitrogens with zero attached hydrogens (tertiary/aromatic N) is 3. The number of thioether (sulfide) groups is 1. The van der Waals surface area contributed by atoms with Crippen molar-refractivity contribution >= 4 is 58.1 Å². The van der Waals surface area contributed by atoms with E-state index in [1.807, 2.05) is 27.7 Å². The van der Waals surface area contributed by atoms with Gasteiger partial charge in [-0.1, -0.05) is 35.3 Å². The van der Waals surface area contributed by atoms with E-state index in [-0.39, 0.29) is 23.0 Å². The van der Waals surface area contributed by atoms with Crippen LogP contribution in [0.5, 0.6) is 0 Å². The highest BCUT2D eigenvalue weighted by Gasteiger charge is 2.50. The molecule has 5 rings (SSSR count). The van der Waals surface area contributed by atoms with Gasteiger partial charge in [-0.05, 0) is 89.3 Å². The number of rotatable bonds is 9. The van der Waals surface area contributed by atoms with Gasteiger partial charge in [-0.3, -0.25) is 14.2 Å². The van der Waals surface area contributed by atoms with Crippen LogP contribution in [0.4, 0.5) is 5.82 Å². The first kappa shape index (κ1) is 34.1. The number of carbonyl (C=O) groups is 1. The van der Waals surface area contributed by atoms with Gasteiger partial charge < -0.3 is 14.2 Å². The van der Waals surface area contributed by atoms with Crippen molar-refractivity contribution in [2.45, 2.75) is 76.0 Å². The molecule has 0 amide bonds. The first-order chi connectivity index (χ1) is 21.3. The Morgan fingerprint density at radius 1 is 1.20 bits per heavy atom. The normalized spacial score (nSPS) is 18.2. The number of ether oxygens (including phenoxy) is 1. The van der Waals surface area contributed by atoms with E-state index in [0.29, 0.717) is 59.2 Å². The number of esters is 1. The number of carbonyl (C=O) groups excluding carboxylic acids is 1. The summed E-state index contributed by atoms with van der Waals surface area (Å²) >= 11 is 13.0. The van der Waals surface area contributed by atoms with Crippen LogP contribution in [-0.2, 0) is 27.3 Å². The van der Waals surface area contributed by atoms with E-state index in [1.54, 1.807) is 43.0 Å². The lowest BCUT2D eigenvalue weighted by atomic mass is 9.73. The summed E-state index contributed by atoms with van der Waals surface area (Å²) in [4.78, 5) is 33.2. The van der Waals surface area contributed by atoms with E-state index in [4.69, 9.17) is 32.9 Å². The minimum atomic E-state index is -1.27. The number of fused-ring (bicyclic) bond motifs is 1. The molecule has 3 aromatic rings. The van der Waals surface area contributed by atoms with Crippen LogP contribution in [0.15, 0.2) is 52.2 Å². The van der Waals surface area contributed by atoms with Crippen molar-refractivity contribution in [3.8, 4) is 5.69 Å². The Bertz CT molecular complexity index is 1620. The molecule has 0 saturated carbocycles. The van der Waals surface area contributed by atoms with Crippen LogP contribution < -0.4 is 15.2 Å². The van der Waals surface area contributed by atoms with E-state index in [2.05, 4.69) is 27.8 Å². The van der Waals surface area contributed by atoms with Gasteiger partial charge in [-0.2, -0.15) is 0 Å². The molecule has 1 saturated heterocycles. The average Bonchev–Trinajstić information content (AvgIpc) is 3.26. The highest BCUT2D eigenvalue weighted by atomic mass is 35.5. The molecule has 1 aromatic heterocycles. The fourth-order valence-corrected chi connectivity index (χ4v) is 8.41. The molecule has 0 radical (unpaired) electrons. The molecular formula is C33H40Cl2N4O4S2. The Morgan fingerprint density at radius 2 is 1.93 bits per heavy atom. The van der Waals surface area contributed by atoms with Crippen LogP contribution in [0, 0.1) is 12.3 Å². The van der Waals surface area contributed by atoms with Gasteiger partial charge in [0.15, 0.2) is 0 Å². The summed E-state index contributed by atoms with van der Waals surface area (Å²) in [6.07, 6.45) is 2.92. The number of hydrogen-bond donors (Lipinski definition) is 1. The third kappa shape index (κ3) is 7.36.